The van der Waals surface area contributed by atoms with E-state index in [-0.39, 0.29) is 6.42 Å². The largest absolute Gasteiger partial charge is 0.481 e. The Balaban J connectivity index is 2.26. The van der Waals surface area contributed by atoms with Gasteiger partial charge in [0.25, 0.3) is 0 Å². The van der Waals surface area contributed by atoms with Crippen LogP contribution in [0.25, 0.3) is 0 Å². The van der Waals surface area contributed by atoms with E-state index < -0.39 is 17.7 Å². The average Bonchev–Trinajstić information content (AvgIpc) is 2.71. The van der Waals surface area contributed by atoms with Crippen LogP contribution < -0.4 is 0 Å². The van der Waals surface area contributed by atoms with E-state index in [4.69, 9.17) is 0 Å². The van der Waals surface area contributed by atoms with Gasteiger partial charge in [0.05, 0.1) is 10.9 Å². The highest BCUT2D eigenvalue weighted by Crippen LogP contribution is 2.23. The number of benzene rings is 1. The fourth-order valence-electron chi connectivity index (χ4n) is 1.74. The lowest BCUT2D eigenvalue weighted by atomic mass is 9.96. The van der Waals surface area contributed by atoms with Gasteiger partial charge in [-0.3, -0.25) is 4.79 Å². The van der Waals surface area contributed by atoms with E-state index in [9.17, 15) is 14.3 Å². The molecule has 1 N–H and O–H groups in total. The summed E-state index contributed by atoms with van der Waals surface area (Å²) in [7, 11) is 0. The van der Waals surface area contributed by atoms with Gasteiger partial charge < -0.3 is 5.11 Å². The summed E-state index contributed by atoms with van der Waals surface area (Å²) in [5.74, 6) is -2.14. The number of thiazole rings is 1. The number of carboxylic acids is 1. The molecule has 1 aromatic heterocycles. The number of nitrogens with zero attached hydrogens (tertiary/aromatic N) is 1. The molecule has 94 valence electrons. The van der Waals surface area contributed by atoms with Gasteiger partial charge in [-0.25, -0.2) is 9.37 Å². The van der Waals surface area contributed by atoms with Crippen molar-refractivity contribution < 1.29 is 14.3 Å². The molecule has 0 aliphatic heterocycles. The molecular weight excluding hydrogens is 253 g/mol. The summed E-state index contributed by atoms with van der Waals surface area (Å²) >= 11 is 1.43. The quantitative estimate of drug-likeness (QED) is 0.924. The van der Waals surface area contributed by atoms with E-state index in [0.717, 1.165) is 10.7 Å². The fourth-order valence-corrected chi connectivity index (χ4v) is 2.56. The highest BCUT2D eigenvalue weighted by molar-refractivity contribution is 7.09. The molecule has 0 fully saturated rings. The van der Waals surface area contributed by atoms with Crippen LogP contribution in [-0.4, -0.2) is 16.1 Å². The summed E-state index contributed by atoms with van der Waals surface area (Å²) in [5, 5.41) is 11.9. The lowest BCUT2D eigenvalue weighted by Gasteiger charge is -2.11. The minimum Gasteiger partial charge on any atom is -0.481 e. The molecule has 0 saturated heterocycles. The first-order valence-electron chi connectivity index (χ1n) is 5.45. The van der Waals surface area contributed by atoms with Crippen molar-refractivity contribution >= 4 is 17.3 Å². The van der Waals surface area contributed by atoms with Crippen molar-refractivity contribution in [2.45, 2.75) is 19.3 Å². The molecule has 1 unspecified atom stereocenters. The molecule has 0 radical (unpaired) electrons. The second-order valence-corrected chi connectivity index (χ2v) is 4.98. The zero-order chi connectivity index (χ0) is 13.1. The molecular formula is C13H12FNO2S. The number of aromatic nitrogens is 1. The van der Waals surface area contributed by atoms with Crippen LogP contribution in [0.15, 0.2) is 29.6 Å². The second-order valence-electron chi connectivity index (χ2n) is 4.03. The van der Waals surface area contributed by atoms with Crippen molar-refractivity contribution in [2.24, 2.45) is 0 Å². The first kappa shape index (κ1) is 12.7. The molecule has 0 amide bonds. The van der Waals surface area contributed by atoms with Gasteiger partial charge in [0.1, 0.15) is 5.82 Å². The van der Waals surface area contributed by atoms with Crippen LogP contribution in [0, 0.1) is 12.7 Å². The standard InChI is InChI=1S/C13H12FNO2S/c1-8-7-18-12(15-8)6-11(13(16)17)9-3-2-4-10(14)5-9/h2-5,7,11H,6H2,1H3,(H,16,17). The van der Waals surface area contributed by atoms with Gasteiger partial charge in [-0.1, -0.05) is 12.1 Å². The summed E-state index contributed by atoms with van der Waals surface area (Å²) in [6.45, 7) is 1.86. The van der Waals surface area contributed by atoms with Crippen LogP contribution in [0.5, 0.6) is 0 Å². The Morgan fingerprint density at radius 1 is 1.56 bits per heavy atom. The Bertz CT molecular complexity index is 568. The van der Waals surface area contributed by atoms with Crippen LogP contribution in [0.3, 0.4) is 0 Å². The van der Waals surface area contributed by atoms with Crippen molar-refractivity contribution in [3.63, 3.8) is 0 Å². The Kier molecular flexibility index (Phi) is 3.72. The van der Waals surface area contributed by atoms with Crippen molar-refractivity contribution in [3.8, 4) is 0 Å². The molecule has 18 heavy (non-hydrogen) atoms. The van der Waals surface area contributed by atoms with Gasteiger partial charge in [0, 0.05) is 17.5 Å². The van der Waals surface area contributed by atoms with Crippen LogP contribution in [-0.2, 0) is 11.2 Å². The maximum absolute atomic E-state index is 13.1. The van der Waals surface area contributed by atoms with Crippen molar-refractivity contribution in [1.29, 1.82) is 0 Å². The van der Waals surface area contributed by atoms with Gasteiger partial charge in [0.2, 0.25) is 0 Å². The molecule has 0 spiro atoms. The van der Waals surface area contributed by atoms with Crippen molar-refractivity contribution in [1.82, 2.24) is 4.98 Å². The van der Waals surface area contributed by atoms with Crippen LogP contribution in [0.2, 0.25) is 0 Å². The molecule has 0 bridgehead atoms. The molecule has 0 saturated carbocycles. The highest BCUT2D eigenvalue weighted by atomic mass is 32.1. The summed E-state index contributed by atoms with van der Waals surface area (Å²) in [4.78, 5) is 15.5. The maximum atomic E-state index is 13.1. The van der Waals surface area contributed by atoms with Crippen LogP contribution >= 0.6 is 11.3 Å². The first-order chi connectivity index (χ1) is 8.56. The number of hydrogen-bond acceptors (Lipinski definition) is 3. The van der Waals surface area contributed by atoms with E-state index in [1.165, 1.54) is 29.5 Å². The summed E-state index contributed by atoms with van der Waals surface area (Å²) in [6.07, 6.45) is 0.289. The van der Waals surface area contributed by atoms with E-state index in [1.807, 2.05) is 12.3 Å². The number of aryl methyl sites for hydroxylation is 1. The number of carboxylic acid groups (broad SMARTS) is 1. The smallest absolute Gasteiger partial charge is 0.311 e. The van der Waals surface area contributed by atoms with Gasteiger partial charge in [-0.05, 0) is 24.6 Å². The highest BCUT2D eigenvalue weighted by Gasteiger charge is 2.22. The minimum atomic E-state index is -0.964. The predicted molar refractivity (Wildman–Crippen MR) is 67.3 cm³/mol. The number of hydrogen-bond donors (Lipinski definition) is 1. The van der Waals surface area contributed by atoms with Gasteiger partial charge in [-0.15, -0.1) is 11.3 Å². The molecule has 5 heteroatoms. The Hall–Kier alpha value is -1.75. The van der Waals surface area contributed by atoms with E-state index in [0.29, 0.717) is 5.56 Å². The molecule has 0 aliphatic carbocycles. The zero-order valence-corrected chi connectivity index (χ0v) is 10.6. The third-order valence-electron chi connectivity index (χ3n) is 2.59. The SMILES string of the molecule is Cc1csc(CC(C(=O)O)c2cccc(F)c2)n1. The summed E-state index contributed by atoms with van der Waals surface area (Å²) in [6, 6.07) is 5.71. The Morgan fingerprint density at radius 2 is 2.33 bits per heavy atom. The third-order valence-corrected chi connectivity index (χ3v) is 3.58. The maximum Gasteiger partial charge on any atom is 0.311 e. The van der Waals surface area contributed by atoms with Gasteiger partial charge >= 0.3 is 5.97 Å². The van der Waals surface area contributed by atoms with E-state index in [1.54, 1.807) is 6.07 Å². The number of halogens is 1. The van der Waals surface area contributed by atoms with Gasteiger partial charge in [-0.2, -0.15) is 0 Å². The topological polar surface area (TPSA) is 50.2 Å². The molecule has 1 atom stereocenters. The van der Waals surface area contributed by atoms with Crippen molar-refractivity contribution in [3.05, 3.63) is 51.7 Å². The number of carbonyl (C=O) groups is 1. The third kappa shape index (κ3) is 2.92. The first-order valence-corrected chi connectivity index (χ1v) is 6.33. The Labute approximate surface area is 108 Å². The lowest BCUT2D eigenvalue weighted by Crippen LogP contribution is -2.14. The lowest BCUT2D eigenvalue weighted by molar-refractivity contribution is -0.138. The normalized spacial score (nSPS) is 12.3. The monoisotopic (exact) mass is 265 g/mol. The molecule has 2 aromatic rings. The fraction of sp³-hybridized carbons (Fsp3) is 0.231. The van der Waals surface area contributed by atoms with E-state index >= 15 is 0 Å². The van der Waals surface area contributed by atoms with Crippen LogP contribution in [0.1, 0.15) is 22.2 Å². The minimum absolute atomic E-state index is 0.289. The molecule has 0 aliphatic rings. The summed E-state index contributed by atoms with van der Waals surface area (Å²) in [5.41, 5.74) is 1.34. The van der Waals surface area contributed by atoms with Crippen LogP contribution in [0.4, 0.5) is 4.39 Å². The Morgan fingerprint density at radius 3 is 2.89 bits per heavy atom. The average molecular weight is 265 g/mol. The van der Waals surface area contributed by atoms with Crippen molar-refractivity contribution in [2.75, 3.05) is 0 Å². The zero-order valence-electron chi connectivity index (χ0n) is 9.76. The predicted octanol–water partition coefficient (Wildman–Crippen LogP) is 3.00. The second kappa shape index (κ2) is 5.27. The molecule has 2 rings (SSSR count). The number of aliphatic carboxylic acids is 1. The molecule has 1 aromatic carbocycles. The van der Waals surface area contributed by atoms with E-state index in [2.05, 4.69) is 4.98 Å². The van der Waals surface area contributed by atoms with Gasteiger partial charge in [0.15, 0.2) is 0 Å². The molecule has 1 heterocycles. The summed E-state index contributed by atoms with van der Waals surface area (Å²) < 4.78 is 13.1. The number of rotatable bonds is 4. The molecule has 3 nitrogen and oxygen atoms in total.